The third-order valence-corrected chi connectivity index (χ3v) is 3.89. The van der Waals surface area contributed by atoms with Gasteiger partial charge in [0.1, 0.15) is 0 Å². The summed E-state index contributed by atoms with van der Waals surface area (Å²) in [5.41, 5.74) is 1.07. The van der Waals surface area contributed by atoms with Crippen LogP contribution in [0.5, 0.6) is 11.5 Å². The third-order valence-electron chi connectivity index (χ3n) is 3.89. The lowest BCUT2D eigenvalue weighted by Gasteiger charge is -2.26. The Labute approximate surface area is 131 Å². The van der Waals surface area contributed by atoms with Crippen molar-refractivity contribution in [2.45, 2.75) is 18.9 Å². The summed E-state index contributed by atoms with van der Waals surface area (Å²) in [5, 5.41) is 2.88. The zero-order valence-electron chi connectivity index (χ0n) is 13.4. The number of nitrogens with one attached hydrogen (secondary N) is 1. The minimum Gasteiger partial charge on any atom is -0.493 e. The SMILES string of the molecule is COCCNC(=O)N1CCCC1c1ccc(OC)c(OC)c1. The number of urea groups is 1. The molecule has 1 saturated heterocycles. The molecule has 0 aliphatic carbocycles. The number of ether oxygens (including phenoxy) is 3. The molecule has 1 aliphatic rings. The normalized spacial score (nSPS) is 17.4. The van der Waals surface area contributed by atoms with E-state index in [2.05, 4.69) is 5.32 Å². The summed E-state index contributed by atoms with van der Waals surface area (Å²) in [6, 6.07) is 5.85. The van der Waals surface area contributed by atoms with Gasteiger partial charge in [-0.25, -0.2) is 4.79 Å². The number of carbonyl (C=O) groups excluding carboxylic acids is 1. The van der Waals surface area contributed by atoms with Crippen molar-refractivity contribution in [3.05, 3.63) is 23.8 Å². The molecule has 0 aromatic heterocycles. The fourth-order valence-corrected chi connectivity index (χ4v) is 2.78. The smallest absolute Gasteiger partial charge is 0.317 e. The van der Waals surface area contributed by atoms with Gasteiger partial charge in [-0.3, -0.25) is 0 Å². The first kappa shape index (κ1) is 16.4. The number of methoxy groups -OCH3 is 3. The van der Waals surface area contributed by atoms with E-state index in [9.17, 15) is 4.79 Å². The first-order chi connectivity index (χ1) is 10.7. The van der Waals surface area contributed by atoms with Gasteiger partial charge < -0.3 is 24.4 Å². The molecule has 6 heteroatoms. The van der Waals surface area contributed by atoms with E-state index in [0.29, 0.717) is 24.7 Å². The van der Waals surface area contributed by atoms with E-state index in [4.69, 9.17) is 14.2 Å². The second-order valence-electron chi connectivity index (χ2n) is 5.19. The fourth-order valence-electron chi connectivity index (χ4n) is 2.78. The van der Waals surface area contributed by atoms with Gasteiger partial charge >= 0.3 is 6.03 Å². The molecule has 1 aromatic rings. The molecule has 1 aromatic carbocycles. The largest absolute Gasteiger partial charge is 0.493 e. The van der Waals surface area contributed by atoms with Gasteiger partial charge in [0.05, 0.1) is 26.9 Å². The van der Waals surface area contributed by atoms with Gasteiger partial charge in [0.25, 0.3) is 0 Å². The lowest BCUT2D eigenvalue weighted by Crippen LogP contribution is -2.40. The highest BCUT2D eigenvalue weighted by molar-refractivity contribution is 5.75. The molecule has 122 valence electrons. The predicted octanol–water partition coefficient (Wildman–Crippen LogP) is 2.20. The van der Waals surface area contributed by atoms with Crippen LogP contribution in [-0.4, -0.2) is 52.0 Å². The topological polar surface area (TPSA) is 60.0 Å². The molecule has 0 radical (unpaired) electrons. The Morgan fingerprint density at radius 3 is 2.73 bits per heavy atom. The highest BCUT2D eigenvalue weighted by Gasteiger charge is 2.30. The molecule has 0 spiro atoms. The monoisotopic (exact) mass is 308 g/mol. The molecule has 0 saturated carbocycles. The summed E-state index contributed by atoms with van der Waals surface area (Å²) in [6.45, 7) is 1.79. The third kappa shape index (κ3) is 3.62. The van der Waals surface area contributed by atoms with Crippen molar-refractivity contribution < 1.29 is 19.0 Å². The van der Waals surface area contributed by atoms with E-state index in [0.717, 1.165) is 24.9 Å². The second kappa shape index (κ2) is 7.89. The van der Waals surface area contributed by atoms with Crippen molar-refractivity contribution in [2.24, 2.45) is 0 Å². The molecule has 6 nitrogen and oxygen atoms in total. The lowest BCUT2D eigenvalue weighted by molar-refractivity contribution is 0.176. The minimum atomic E-state index is -0.0469. The molecule has 1 aliphatic heterocycles. The van der Waals surface area contributed by atoms with Crippen molar-refractivity contribution in [2.75, 3.05) is 41.0 Å². The van der Waals surface area contributed by atoms with Crippen LogP contribution < -0.4 is 14.8 Å². The number of rotatable bonds is 6. The molecular formula is C16H24N2O4. The number of likely N-dealkylation sites (tertiary alicyclic amines) is 1. The van der Waals surface area contributed by atoms with E-state index in [1.807, 2.05) is 23.1 Å². The molecular weight excluding hydrogens is 284 g/mol. The molecule has 1 atom stereocenters. The Morgan fingerprint density at radius 1 is 1.27 bits per heavy atom. The van der Waals surface area contributed by atoms with Crippen LogP contribution in [0.15, 0.2) is 18.2 Å². The van der Waals surface area contributed by atoms with Crippen molar-refractivity contribution in [3.63, 3.8) is 0 Å². The molecule has 1 fully saturated rings. The molecule has 1 unspecified atom stereocenters. The van der Waals surface area contributed by atoms with Crippen LogP contribution in [0.2, 0.25) is 0 Å². The minimum absolute atomic E-state index is 0.0469. The van der Waals surface area contributed by atoms with Crippen LogP contribution in [0.1, 0.15) is 24.4 Å². The van der Waals surface area contributed by atoms with Gasteiger partial charge in [-0.15, -0.1) is 0 Å². The van der Waals surface area contributed by atoms with E-state index in [-0.39, 0.29) is 12.1 Å². The summed E-state index contributed by atoms with van der Waals surface area (Å²) < 4.78 is 15.6. The quantitative estimate of drug-likeness (QED) is 0.819. The Hall–Kier alpha value is -1.95. The molecule has 2 rings (SSSR count). The number of amides is 2. The zero-order chi connectivity index (χ0) is 15.9. The van der Waals surface area contributed by atoms with Crippen molar-refractivity contribution >= 4 is 6.03 Å². The van der Waals surface area contributed by atoms with Crippen LogP contribution in [-0.2, 0) is 4.74 Å². The average Bonchev–Trinajstić information content (AvgIpc) is 3.04. The number of hydrogen-bond donors (Lipinski definition) is 1. The number of nitrogens with zero attached hydrogens (tertiary/aromatic N) is 1. The van der Waals surface area contributed by atoms with Crippen LogP contribution in [0.3, 0.4) is 0 Å². The van der Waals surface area contributed by atoms with Gasteiger partial charge in [-0.05, 0) is 30.5 Å². The summed E-state index contributed by atoms with van der Waals surface area (Å²) >= 11 is 0. The van der Waals surface area contributed by atoms with Crippen LogP contribution >= 0.6 is 0 Å². The van der Waals surface area contributed by atoms with Gasteiger partial charge in [0.2, 0.25) is 0 Å². The van der Waals surface area contributed by atoms with E-state index in [1.165, 1.54) is 0 Å². The van der Waals surface area contributed by atoms with Gasteiger partial charge in [-0.1, -0.05) is 6.07 Å². The van der Waals surface area contributed by atoms with Crippen molar-refractivity contribution in [1.29, 1.82) is 0 Å². The van der Waals surface area contributed by atoms with Crippen LogP contribution in [0.4, 0.5) is 4.79 Å². The predicted molar refractivity (Wildman–Crippen MR) is 83.5 cm³/mol. The maximum atomic E-state index is 12.3. The Kier molecular flexibility index (Phi) is 5.89. The molecule has 2 amide bonds. The first-order valence-electron chi connectivity index (χ1n) is 7.46. The summed E-state index contributed by atoms with van der Waals surface area (Å²) in [4.78, 5) is 14.2. The number of benzene rings is 1. The standard InChI is InChI=1S/C16H24N2O4/c1-20-10-8-17-16(19)18-9-4-5-13(18)12-6-7-14(21-2)15(11-12)22-3/h6-7,11,13H,4-5,8-10H2,1-3H3,(H,17,19). The van der Waals surface area contributed by atoms with E-state index < -0.39 is 0 Å². The summed E-state index contributed by atoms with van der Waals surface area (Å²) in [6.07, 6.45) is 1.95. The molecule has 1 N–H and O–H groups in total. The van der Waals surface area contributed by atoms with E-state index >= 15 is 0 Å². The van der Waals surface area contributed by atoms with Gasteiger partial charge in [-0.2, -0.15) is 0 Å². The summed E-state index contributed by atoms with van der Waals surface area (Å²) in [7, 11) is 4.85. The van der Waals surface area contributed by atoms with E-state index in [1.54, 1.807) is 21.3 Å². The maximum absolute atomic E-state index is 12.3. The first-order valence-corrected chi connectivity index (χ1v) is 7.46. The number of hydrogen-bond acceptors (Lipinski definition) is 4. The molecule has 0 bridgehead atoms. The zero-order valence-corrected chi connectivity index (χ0v) is 13.4. The highest BCUT2D eigenvalue weighted by atomic mass is 16.5. The Bertz CT molecular complexity index is 507. The maximum Gasteiger partial charge on any atom is 0.317 e. The summed E-state index contributed by atoms with van der Waals surface area (Å²) in [5.74, 6) is 1.38. The lowest BCUT2D eigenvalue weighted by atomic mass is 10.0. The number of carbonyl (C=O) groups is 1. The van der Waals surface area contributed by atoms with Crippen molar-refractivity contribution in [1.82, 2.24) is 10.2 Å². The molecule has 1 heterocycles. The van der Waals surface area contributed by atoms with Crippen molar-refractivity contribution in [3.8, 4) is 11.5 Å². The van der Waals surface area contributed by atoms with Crippen LogP contribution in [0, 0.1) is 0 Å². The average molecular weight is 308 g/mol. The highest BCUT2D eigenvalue weighted by Crippen LogP contribution is 2.36. The fraction of sp³-hybridized carbons (Fsp3) is 0.562. The van der Waals surface area contributed by atoms with Gasteiger partial charge in [0, 0.05) is 20.2 Å². The second-order valence-corrected chi connectivity index (χ2v) is 5.19. The molecule has 22 heavy (non-hydrogen) atoms. The Balaban J connectivity index is 2.11. The Morgan fingerprint density at radius 2 is 2.05 bits per heavy atom. The van der Waals surface area contributed by atoms with Gasteiger partial charge in [0.15, 0.2) is 11.5 Å². The van der Waals surface area contributed by atoms with Crippen LogP contribution in [0.25, 0.3) is 0 Å².